The van der Waals surface area contributed by atoms with E-state index in [1.807, 2.05) is 11.0 Å². The van der Waals surface area contributed by atoms with Crippen LogP contribution >= 0.6 is 34.2 Å². The van der Waals surface area contributed by atoms with Gasteiger partial charge in [-0.1, -0.05) is 11.6 Å². The Balaban J connectivity index is 2.03. The van der Waals surface area contributed by atoms with Crippen LogP contribution in [0.1, 0.15) is 17.3 Å². The van der Waals surface area contributed by atoms with Crippen molar-refractivity contribution in [3.8, 4) is 0 Å². The lowest BCUT2D eigenvalue weighted by molar-refractivity contribution is -0.143. The average molecular weight is 423 g/mol. The first-order chi connectivity index (χ1) is 9.90. The zero-order valence-corrected chi connectivity index (χ0v) is 14.5. The van der Waals surface area contributed by atoms with Crippen LogP contribution in [-0.4, -0.2) is 59.0 Å². The lowest BCUT2D eigenvalue weighted by Crippen LogP contribution is -2.53. The van der Waals surface area contributed by atoms with E-state index >= 15 is 0 Å². The Labute approximate surface area is 142 Å². The number of carboxylic acid groups (broad SMARTS) is 1. The first-order valence-electron chi connectivity index (χ1n) is 6.61. The van der Waals surface area contributed by atoms with Crippen LogP contribution in [0.4, 0.5) is 0 Å². The first kappa shape index (κ1) is 16.5. The smallest absolute Gasteiger partial charge is 0.320 e. The second-order valence-corrected chi connectivity index (χ2v) is 6.57. The van der Waals surface area contributed by atoms with E-state index in [9.17, 15) is 9.59 Å². The molecule has 1 N–H and O–H groups in total. The number of amides is 1. The van der Waals surface area contributed by atoms with E-state index in [-0.39, 0.29) is 5.91 Å². The highest BCUT2D eigenvalue weighted by atomic mass is 127. The summed E-state index contributed by atoms with van der Waals surface area (Å²) in [6.45, 7) is 3.85. The quantitative estimate of drug-likeness (QED) is 0.759. The summed E-state index contributed by atoms with van der Waals surface area (Å²) in [5.41, 5.74) is 0.600. The molecule has 21 heavy (non-hydrogen) atoms. The molecule has 1 aromatic carbocycles. The van der Waals surface area contributed by atoms with Crippen LogP contribution in [0.5, 0.6) is 0 Å². The van der Waals surface area contributed by atoms with Crippen LogP contribution in [-0.2, 0) is 4.79 Å². The molecule has 0 spiro atoms. The highest BCUT2D eigenvalue weighted by molar-refractivity contribution is 14.1. The molecule has 0 aliphatic carbocycles. The maximum Gasteiger partial charge on any atom is 0.320 e. The predicted molar refractivity (Wildman–Crippen MR) is 88.7 cm³/mol. The molecule has 1 unspecified atom stereocenters. The molecule has 0 saturated carbocycles. The van der Waals surface area contributed by atoms with E-state index < -0.39 is 12.0 Å². The fourth-order valence-corrected chi connectivity index (χ4v) is 3.04. The van der Waals surface area contributed by atoms with Crippen LogP contribution in [0.3, 0.4) is 0 Å². The monoisotopic (exact) mass is 422 g/mol. The molecule has 2 rings (SSSR count). The van der Waals surface area contributed by atoms with Crippen LogP contribution < -0.4 is 0 Å². The van der Waals surface area contributed by atoms with Crippen LogP contribution in [0.15, 0.2) is 18.2 Å². The third kappa shape index (κ3) is 3.87. The molecule has 1 aliphatic rings. The van der Waals surface area contributed by atoms with Gasteiger partial charge in [-0.25, -0.2) is 0 Å². The highest BCUT2D eigenvalue weighted by Crippen LogP contribution is 2.20. The number of hydrogen-bond acceptors (Lipinski definition) is 3. The zero-order chi connectivity index (χ0) is 15.6. The largest absolute Gasteiger partial charge is 0.480 e. The first-order valence-corrected chi connectivity index (χ1v) is 8.07. The van der Waals surface area contributed by atoms with Gasteiger partial charge in [0.1, 0.15) is 6.04 Å². The molecule has 5 nitrogen and oxygen atoms in total. The van der Waals surface area contributed by atoms with Gasteiger partial charge in [0, 0.05) is 34.8 Å². The van der Waals surface area contributed by atoms with E-state index in [0.29, 0.717) is 36.8 Å². The summed E-state index contributed by atoms with van der Waals surface area (Å²) in [7, 11) is 0. The van der Waals surface area contributed by atoms with Crippen molar-refractivity contribution in [2.24, 2.45) is 0 Å². The lowest BCUT2D eigenvalue weighted by Gasteiger charge is -2.36. The van der Waals surface area contributed by atoms with Crippen molar-refractivity contribution in [3.05, 3.63) is 32.4 Å². The Morgan fingerprint density at radius 3 is 2.48 bits per heavy atom. The van der Waals surface area contributed by atoms with Crippen molar-refractivity contribution < 1.29 is 14.7 Å². The Hall–Kier alpha value is -0.860. The molecule has 0 bridgehead atoms. The van der Waals surface area contributed by atoms with Gasteiger partial charge in [0.25, 0.3) is 5.91 Å². The number of aliphatic carboxylic acids is 1. The highest BCUT2D eigenvalue weighted by Gasteiger charge is 2.28. The third-order valence-corrected chi connectivity index (χ3v) is 4.84. The van der Waals surface area contributed by atoms with Gasteiger partial charge < -0.3 is 10.0 Å². The summed E-state index contributed by atoms with van der Waals surface area (Å²) < 4.78 is 0.864. The molecule has 1 aliphatic heterocycles. The van der Waals surface area contributed by atoms with Gasteiger partial charge in [0.2, 0.25) is 0 Å². The summed E-state index contributed by atoms with van der Waals surface area (Å²) in [4.78, 5) is 27.1. The maximum atomic E-state index is 12.5. The number of benzene rings is 1. The average Bonchev–Trinajstić information content (AvgIpc) is 2.48. The summed E-state index contributed by atoms with van der Waals surface area (Å²) in [5.74, 6) is -0.885. The molecule has 1 heterocycles. The zero-order valence-electron chi connectivity index (χ0n) is 11.6. The molecule has 114 valence electrons. The van der Waals surface area contributed by atoms with Gasteiger partial charge in [0.05, 0.1) is 5.56 Å². The number of carbonyl (C=O) groups is 2. The van der Waals surface area contributed by atoms with Crippen molar-refractivity contribution in [2.75, 3.05) is 26.2 Å². The van der Waals surface area contributed by atoms with Crippen molar-refractivity contribution in [1.82, 2.24) is 9.80 Å². The van der Waals surface area contributed by atoms with E-state index in [1.165, 1.54) is 0 Å². The normalized spacial score (nSPS) is 17.6. The van der Waals surface area contributed by atoms with Crippen molar-refractivity contribution >= 4 is 46.1 Å². The van der Waals surface area contributed by atoms with Crippen LogP contribution in [0.2, 0.25) is 5.02 Å². The van der Waals surface area contributed by atoms with E-state index in [4.69, 9.17) is 16.7 Å². The van der Waals surface area contributed by atoms with Crippen molar-refractivity contribution in [3.63, 3.8) is 0 Å². The minimum Gasteiger partial charge on any atom is -0.480 e. The van der Waals surface area contributed by atoms with E-state index in [2.05, 4.69) is 22.6 Å². The summed E-state index contributed by atoms with van der Waals surface area (Å²) in [5, 5.41) is 9.56. The summed E-state index contributed by atoms with van der Waals surface area (Å²) >= 11 is 8.07. The van der Waals surface area contributed by atoms with Crippen LogP contribution in [0, 0.1) is 3.57 Å². The standard InChI is InChI=1S/C14H16ClIN2O3/c1-9(14(20)21)17-4-6-18(7-5-17)13(19)11-8-10(15)2-3-12(11)16/h2-3,8-9H,4-7H2,1H3,(H,20,21). The number of carbonyl (C=O) groups excluding carboxylic acids is 1. The molecule has 1 atom stereocenters. The summed E-state index contributed by atoms with van der Waals surface area (Å²) in [6, 6.07) is 4.73. The Bertz CT molecular complexity index is 559. The predicted octanol–water partition coefficient (Wildman–Crippen LogP) is 2.18. The van der Waals surface area contributed by atoms with Crippen molar-refractivity contribution in [2.45, 2.75) is 13.0 Å². The summed E-state index contributed by atoms with van der Waals surface area (Å²) in [6.07, 6.45) is 0. The van der Waals surface area contributed by atoms with Gasteiger partial charge in [-0.05, 0) is 47.7 Å². The minimum absolute atomic E-state index is 0.0514. The molecule has 1 saturated heterocycles. The number of piperazine rings is 1. The number of carboxylic acids is 1. The Morgan fingerprint density at radius 1 is 1.29 bits per heavy atom. The van der Waals surface area contributed by atoms with Crippen molar-refractivity contribution in [1.29, 1.82) is 0 Å². The number of nitrogens with zero attached hydrogens (tertiary/aromatic N) is 2. The fraction of sp³-hybridized carbons (Fsp3) is 0.429. The Kier molecular flexibility index (Phi) is 5.45. The number of rotatable bonds is 3. The molecule has 0 aromatic heterocycles. The lowest BCUT2D eigenvalue weighted by atomic mass is 10.1. The number of hydrogen-bond donors (Lipinski definition) is 1. The topological polar surface area (TPSA) is 60.9 Å². The molecule has 1 aromatic rings. The molecular formula is C14H16ClIN2O3. The van der Waals surface area contributed by atoms with E-state index in [0.717, 1.165) is 3.57 Å². The molecule has 7 heteroatoms. The number of halogens is 2. The second kappa shape index (κ2) is 6.93. The van der Waals surface area contributed by atoms with Gasteiger partial charge in [-0.3, -0.25) is 14.5 Å². The Morgan fingerprint density at radius 2 is 1.90 bits per heavy atom. The van der Waals surface area contributed by atoms with Gasteiger partial charge >= 0.3 is 5.97 Å². The molecular weight excluding hydrogens is 407 g/mol. The maximum absolute atomic E-state index is 12.5. The van der Waals surface area contributed by atoms with Crippen LogP contribution in [0.25, 0.3) is 0 Å². The SMILES string of the molecule is CC(C(=O)O)N1CCN(C(=O)c2cc(Cl)ccc2I)CC1. The van der Waals surface area contributed by atoms with E-state index in [1.54, 1.807) is 24.0 Å². The minimum atomic E-state index is -0.834. The molecule has 1 fully saturated rings. The van der Waals surface area contributed by atoms with Gasteiger partial charge in [-0.15, -0.1) is 0 Å². The van der Waals surface area contributed by atoms with Gasteiger partial charge in [0.15, 0.2) is 0 Å². The molecule has 1 amide bonds. The van der Waals surface area contributed by atoms with Gasteiger partial charge in [-0.2, -0.15) is 0 Å². The molecule has 0 radical (unpaired) electrons. The third-order valence-electron chi connectivity index (χ3n) is 3.67. The second-order valence-electron chi connectivity index (χ2n) is 4.97. The fourth-order valence-electron chi connectivity index (χ4n) is 2.30.